The summed E-state index contributed by atoms with van der Waals surface area (Å²) >= 11 is 1.38. The molecular formula is C18H20N4O2S. The Labute approximate surface area is 150 Å². The van der Waals surface area contributed by atoms with E-state index in [1.54, 1.807) is 0 Å². The molecule has 0 bridgehead atoms. The van der Waals surface area contributed by atoms with Crippen LogP contribution in [0, 0.1) is 0 Å². The van der Waals surface area contributed by atoms with Crippen molar-refractivity contribution in [1.29, 1.82) is 0 Å². The number of nitrogens with one attached hydrogen (secondary N) is 1. The molecule has 2 aliphatic heterocycles. The second-order valence-electron chi connectivity index (χ2n) is 6.38. The Morgan fingerprint density at radius 3 is 2.84 bits per heavy atom. The first-order valence-electron chi connectivity index (χ1n) is 8.57. The fourth-order valence-corrected chi connectivity index (χ4v) is 4.27. The fourth-order valence-electron chi connectivity index (χ4n) is 3.48. The number of likely N-dealkylation sites (tertiary alicyclic amines) is 1. The van der Waals surface area contributed by atoms with E-state index in [4.69, 9.17) is 0 Å². The summed E-state index contributed by atoms with van der Waals surface area (Å²) in [5.41, 5.74) is 1.85. The summed E-state index contributed by atoms with van der Waals surface area (Å²) in [5, 5.41) is 5.28. The van der Waals surface area contributed by atoms with Crippen LogP contribution >= 0.6 is 11.3 Å². The van der Waals surface area contributed by atoms with E-state index in [-0.39, 0.29) is 18.0 Å². The van der Waals surface area contributed by atoms with Crippen LogP contribution in [-0.2, 0) is 0 Å². The van der Waals surface area contributed by atoms with Gasteiger partial charge in [0.15, 0.2) is 5.01 Å². The average Bonchev–Trinajstić information content (AvgIpc) is 3.31. The summed E-state index contributed by atoms with van der Waals surface area (Å²) in [5.74, 6) is -0.0310. The Hall–Kier alpha value is -2.41. The van der Waals surface area contributed by atoms with Crippen LogP contribution in [0.4, 0.5) is 4.79 Å². The first-order chi connectivity index (χ1) is 12.2. The maximum Gasteiger partial charge on any atom is 0.317 e. The van der Waals surface area contributed by atoms with Crippen LogP contribution in [-0.4, -0.2) is 58.9 Å². The number of piperidine rings is 1. The average molecular weight is 356 g/mol. The van der Waals surface area contributed by atoms with Gasteiger partial charge in [0.25, 0.3) is 5.91 Å². The Morgan fingerprint density at radius 1 is 1.24 bits per heavy atom. The van der Waals surface area contributed by atoms with Crippen molar-refractivity contribution in [2.24, 2.45) is 0 Å². The molecule has 2 saturated heterocycles. The van der Waals surface area contributed by atoms with E-state index in [1.807, 2.05) is 45.5 Å². The van der Waals surface area contributed by atoms with Crippen LogP contribution in [0.15, 0.2) is 35.7 Å². The van der Waals surface area contributed by atoms with Gasteiger partial charge >= 0.3 is 6.03 Å². The molecule has 2 aliphatic rings. The lowest BCUT2D eigenvalue weighted by atomic mass is 10.0. The van der Waals surface area contributed by atoms with Gasteiger partial charge in [0, 0.05) is 37.1 Å². The van der Waals surface area contributed by atoms with Gasteiger partial charge in [-0.25, -0.2) is 9.78 Å². The van der Waals surface area contributed by atoms with Crippen molar-refractivity contribution >= 4 is 23.3 Å². The summed E-state index contributed by atoms with van der Waals surface area (Å²) in [6.07, 6.45) is 1.86. The molecule has 0 radical (unpaired) electrons. The van der Waals surface area contributed by atoms with Crippen molar-refractivity contribution in [3.8, 4) is 11.3 Å². The van der Waals surface area contributed by atoms with Crippen molar-refractivity contribution in [2.45, 2.75) is 18.9 Å². The van der Waals surface area contributed by atoms with E-state index >= 15 is 0 Å². The SMILES string of the molecule is O=C(c1nc(-c2ccccc2)cs1)N1CCCC(N2CCNC2=O)C1. The first-order valence-corrected chi connectivity index (χ1v) is 9.45. The maximum atomic E-state index is 12.8. The fraction of sp³-hybridized carbons (Fsp3) is 0.389. The van der Waals surface area contributed by atoms with Crippen LogP contribution in [0.25, 0.3) is 11.3 Å². The molecule has 0 aliphatic carbocycles. The van der Waals surface area contributed by atoms with E-state index in [0.29, 0.717) is 18.1 Å². The zero-order valence-electron chi connectivity index (χ0n) is 13.9. The molecule has 2 fully saturated rings. The second kappa shape index (κ2) is 6.84. The summed E-state index contributed by atoms with van der Waals surface area (Å²) in [7, 11) is 0. The van der Waals surface area contributed by atoms with Gasteiger partial charge < -0.3 is 15.1 Å². The van der Waals surface area contributed by atoms with Gasteiger partial charge in [-0.2, -0.15) is 0 Å². The van der Waals surface area contributed by atoms with Crippen molar-refractivity contribution in [1.82, 2.24) is 20.1 Å². The van der Waals surface area contributed by atoms with E-state index in [9.17, 15) is 9.59 Å². The molecule has 25 heavy (non-hydrogen) atoms. The standard InChI is InChI=1S/C18H20N4O2S/c23-17(16-20-15(12-25-16)13-5-2-1-3-6-13)21-9-4-7-14(11-21)22-10-8-19-18(22)24/h1-3,5-6,12,14H,4,7-11H2,(H,19,24). The Balaban J connectivity index is 1.47. The minimum Gasteiger partial charge on any atom is -0.336 e. The van der Waals surface area contributed by atoms with E-state index < -0.39 is 0 Å². The lowest BCUT2D eigenvalue weighted by molar-refractivity contribution is 0.0634. The molecule has 4 rings (SSSR count). The predicted octanol–water partition coefficient (Wildman–Crippen LogP) is 2.44. The molecule has 3 amide bonds. The number of amides is 3. The Kier molecular flexibility index (Phi) is 4.40. The van der Waals surface area contributed by atoms with E-state index in [2.05, 4.69) is 10.3 Å². The van der Waals surface area contributed by atoms with E-state index in [1.165, 1.54) is 11.3 Å². The number of carbonyl (C=O) groups is 2. The summed E-state index contributed by atoms with van der Waals surface area (Å²) in [4.78, 5) is 32.9. The minimum atomic E-state index is -0.0310. The van der Waals surface area contributed by atoms with Crippen LogP contribution in [0.5, 0.6) is 0 Å². The van der Waals surface area contributed by atoms with Crippen molar-refractivity contribution in [3.63, 3.8) is 0 Å². The van der Waals surface area contributed by atoms with Crippen molar-refractivity contribution < 1.29 is 9.59 Å². The number of thiazole rings is 1. The highest BCUT2D eigenvalue weighted by molar-refractivity contribution is 7.12. The normalized spacial score (nSPS) is 20.6. The lowest BCUT2D eigenvalue weighted by Gasteiger charge is -2.36. The number of nitrogens with zero attached hydrogens (tertiary/aromatic N) is 3. The minimum absolute atomic E-state index is 0.0140. The molecule has 2 aromatic rings. The quantitative estimate of drug-likeness (QED) is 0.919. The molecule has 6 nitrogen and oxygen atoms in total. The molecule has 0 saturated carbocycles. The second-order valence-corrected chi connectivity index (χ2v) is 7.23. The van der Waals surface area contributed by atoms with Crippen molar-refractivity contribution in [2.75, 3.05) is 26.2 Å². The third-order valence-electron chi connectivity index (χ3n) is 4.77. The molecule has 130 valence electrons. The number of hydrogen-bond acceptors (Lipinski definition) is 4. The summed E-state index contributed by atoms with van der Waals surface area (Å²) in [6, 6.07) is 9.97. The number of carbonyl (C=O) groups excluding carboxylic acids is 2. The zero-order chi connectivity index (χ0) is 17.2. The monoisotopic (exact) mass is 356 g/mol. The molecule has 1 aromatic carbocycles. The largest absolute Gasteiger partial charge is 0.336 e. The number of benzene rings is 1. The highest BCUT2D eigenvalue weighted by Gasteiger charge is 2.33. The smallest absolute Gasteiger partial charge is 0.317 e. The Morgan fingerprint density at radius 2 is 2.08 bits per heavy atom. The van der Waals surface area contributed by atoms with Gasteiger partial charge in [0.2, 0.25) is 0 Å². The molecule has 7 heteroatoms. The van der Waals surface area contributed by atoms with Gasteiger partial charge in [-0.3, -0.25) is 4.79 Å². The lowest BCUT2D eigenvalue weighted by Crippen LogP contribution is -2.50. The molecule has 1 N–H and O–H groups in total. The third kappa shape index (κ3) is 3.24. The number of rotatable bonds is 3. The molecule has 1 aromatic heterocycles. The molecule has 0 spiro atoms. The van der Waals surface area contributed by atoms with Crippen LogP contribution in [0.3, 0.4) is 0 Å². The van der Waals surface area contributed by atoms with Gasteiger partial charge in [-0.1, -0.05) is 30.3 Å². The van der Waals surface area contributed by atoms with Crippen molar-refractivity contribution in [3.05, 3.63) is 40.7 Å². The van der Waals surface area contributed by atoms with Gasteiger partial charge in [-0.15, -0.1) is 11.3 Å². The van der Waals surface area contributed by atoms with Crippen LogP contribution in [0.1, 0.15) is 22.6 Å². The highest BCUT2D eigenvalue weighted by Crippen LogP contribution is 2.24. The maximum absolute atomic E-state index is 12.8. The highest BCUT2D eigenvalue weighted by atomic mass is 32.1. The Bertz CT molecular complexity index is 776. The van der Waals surface area contributed by atoms with E-state index in [0.717, 1.165) is 37.2 Å². The first kappa shape index (κ1) is 16.1. The summed E-state index contributed by atoms with van der Waals surface area (Å²) in [6.45, 7) is 2.73. The summed E-state index contributed by atoms with van der Waals surface area (Å²) < 4.78 is 0. The number of urea groups is 1. The molecule has 3 heterocycles. The molecule has 1 atom stereocenters. The topological polar surface area (TPSA) is 65.5 Å². The van der Waals surface area contributed by atoms with Crippen LogP contribution in [0.2, 0.25) is 0 Å². The molecule has 1 unspecified atom stereocenters. The van der Waals surface area contributed by atoms with Gasteiger partial charge in [-0.05, 0) is 12.8 Å². The number of aromatic nitrogens is 1. The molecular weight excluding hydrogens is 336 g/mol. The predicted molar refractivity (Wildman–Crippen MR) is 96.6 cm³/mol. The van der Waals surface area contributed by atoms with Gasteiger partial charge in [0.05, 0.1) is 11.7 Å². The van der Waals surface area contributed by atoms with Gasteiger partial charge in [0.1, 0.15) is 0 Å². The third-order valence-corrected chi connectivity index (χ3v) is 5.60. The number of hydrogen-bond donors (Lipinski definition) is 1. The van der Waals surface area contributed by atoms with Crippen LogP contribution < -0.4 is 5.32 Å². The zero-order valence-corrected chi connectivity index (χ0v) is 14.7.